The molecule has 1 aromatic heterocycles. The highest BCUT2D eigenvalue weighted by atomic mass is 16.8. The van der Waals surface area contributed by atoms with Crippen LogP contribution in [0.15, 0.2) is 48.7 Å². The first-order valence-electron chi connectivity index (χ1n) is 12.0. The Hall–Kier alpha value is -3.73. The lowest BCUT2D eigenvalue weighted by atomic mass is 10.0. The summed E-state index contributed by atoms with van der Waals surface area (Å²) in [6.07, 6.45) is 4.16. The number of carboxylic acids is 1. The van der Waals surface area contributed by atoms with E-state index in [-0.39, 0.29) is 18.4 Å². The Morgan fingerprint density at radius 2 is 1.92 bits per heavy atom. The van der Waals surface area contributed by atoms with E-state index >= 15 is 0 Å². The van der Waals surface area contributed by atoms with Gasteiger partial charge in [-0.3, -0.25) is 19.7 Å². The molecule has 0 saturated carbocycles. The number of rotatable bonds is 7. The summed E-state index contributed by atoms with van der Waals surface area (Å²) >= 11 is 0. The lowest BCUT2D eigenvalue weighted by molar-refractivity contribution is -0.186. The smallest absolute Gasteiger partial charge is 0.322 e. The van der Waals surface area contributed by atoms with Crippen molar-refractivity contribution in [3.63, 3.8) is 0 Å². The first-order chi connectivity index (χ1) is 17.5. The van der Waals surface area contributed by atoms with Gasteiger partial charge in [0.25, 0.3) is 11.8 Å². The van der Waals surface area contributed by atoms with Crippen LogP contribution in [0.2, 0.25) is 0 Å². The Labute approximate surface area is 207 Å². The maximum Gasteiger partial charge on any atom is 0.322 e. The molecule has 0 spiro atoms. The Balaban J connectivity index is 1.21. The van der Waals surface area contributed by atoms with Crippen molar-refractivity contribution in [2.75, 3.05) is 6.61 Å². The Morgan fingerprint density at radius 3 is 2.67 bits per heavy atom. The summed E-state index contributed by atoms with van der Waals surface area (Å²) in [5.74, 6) is -1.49. The van der Waals surface area contributed by atoms with Crippen LogP contribution in [0.1, 0.15) is 51.1 Å². The van der Waals surface area contributed by atoms with Crippen molar-refractivity contribution >= 4 is 28.7 Å². The largest absolute Gasteiger partial charge is 0.480 e. The summed E-state index contributed by atoms with van der Waals surface area (Å²) < 4.78 is 7.32. The van der Waals surface area contributed by atoms with Gasteiger partial charge in [0.1, 0.15) is 6.04 Å². The van der Waals surface area contributed by atoms with Gasteiger partial charge in [-0.05, 0) is 48.2 Å². The van der Waals surface area contributed by atoms with Crippen molar-refractivity contribution in [3.05, 3.63) is 70.9 Å². The van der Waals surface area contributed by atoms with Gasteiger partial charge in [-0.25, -0.2) is 10.3 Å². The van der Waals surface area contributed by atoms with Crippen molar-refractivity contribution in [2.45, 2.75) is 51.2 Å². The fourth-order valence-corrected chi connectivity index (χ4v) is 4.59. The number of benzene rings is 2. The van der Waals surface area contributed by atoms with E-state index in [0.717, 1.165) is 41.3 Å². The highest BCUT2D eigenvalue weighted by Crippen LogP contribution is 2.27. The molecule has 3 heterocycles. The normalized spacial score (nSPS) is 19.4. The molecule has 2 atom stereocenters. The number of nitrogens with zero attached hydrogens (tertiary/aromatic N) is 1. The van der Waals surface area contributed by atoms with Gasteiger partial charge in [-0.1, -0.05) is 18.2 Å². The number of nitrogens with one attached hydrogen (secondary N) is 3. The second-order valence-corrected chi connectivity index (χ2v) is 9.00. The van der Waals surface area contributed by atoms with E-state index in [9.17, 15) is 19.5 Å². The van der Waals surface area contributed by atoms with Crippen LogP contribution in [-0.4, -0.2) is 46.4 Å². The Kier molecular flexibility index (Phi) is 6.99. The van der Waals surface area contributed by atoms with Gasteiger partial charge in [0.15, 0.2) is 6.29 Å². The van der Waals surface area contributed by atoms with Gasteiger partial charge < -0.3 is 19.7 Å². The summed E-state index contributed by atoms with van der Waals surface area (Å²) in [6.45, 7) is 1.62. The van der Waals surface area contributed by atoms with Crippen LogP contribution in [0.4, 0.5) is 0 Å². The molecule has 10 nitrogen and oxygen atoms in total. The van der Waals surface area contributed by atoms with Crippen molar-refractivity contribution in [1.82, 2.24) is 20.7 Å². The maximum atomic E-state index is 13.0. The molecule has 0 aliphatic carbocycles. The number of hydrogen-bond acceptors (Lipinski definition) is 6. The molecule has 5 rings (SSSR count). The van der Waals surface area contributed by atoms with E-state index in [2.05, 4.69) is 16.1 Å². The van der Waals surface area contributed by atoms with E-state index in [1.54, 1.807) is 30.3 Å². The van der Waals surface area contributed by atoms with E-state index in [1.165, 1.54) is 0 Å². The van der Waals surface area contributed by atoms with Crippen molar-refractivity contribution in [3.8, 4) is 0 Å². The number of aliphatic carboxylic acids is 1. The van der Waals surface area contributed by atoms with Gasteiger partial charge in [0, 0.05) is 55.4 Å². The fraction of sp³-hybridized carbons (Fsp3) is 0.346. The van der Waals surface area contributed by atoms with E-state index in [4.69, 9.17) is 9.57 Å². The van der Waals surface area contributed by atoms with Crippen molar-refractivity contribution in [2.24, 2.45) is 0 Å². The van der Waals surface area contributed by atoms with Gasteiger partial charge >= 0.3 is 5.97 Å². The topological polar surface area (TPSA) is 131 Å². The second kappa shape index (κ2) is 10.5. The molecule has 1 fully saturated rings. The van der Waals surface area contributed by atoms with Crippen LogP contribution in [-0.2, 0) is 34.0 Å². The molecule has 2 aliphatic rings. The molecule has 2 amide bonds. The Bertz CT molecular complexity index is 1280. The number of aromatic nitrogens is 1. The van der Waals surface area contributed by atoms with E-state index in [1.807, 2.05) is 22.9 Å². The molecule has 1 saturated heterocycles. The number of carbonyl (C=O) groups excluding carboxylic acids is 2. The zero-order chi connectivity index (χ0) is 25.1. The number of carbonyl (C=O) groups is 3. The molecule has 4 N–H and O–H groups in total. The van der Waals surface area contributed by atoms with E-state index in [0.29, 0.717) is 30.8 Å². The van der Waals surface area contributed by atoms with Crippen LogP contribution in [0.5, 0.6) is 0 Å². The van der Waals surface area contributed by atoms with E-state index < -0.39 is 18.3 Å². The highest BCUT2D eigenvalue weighted by Gasteiger charge is 2.24. The first kappa shape index (κ1) is 24.0. The quantitative estimate of drug-likeness (QED) is 0.372. The van der Waals surface area contributed by atoms with Crippen LogP contribution in [0.3, 0.4) is 0 Å². The first-order valence-corrected chi connectivity index (χ1v) is 12.0. The van der Waals surface area contributed by atoms with Crippen molar-refractivity contribution < 1.29 is 29.1 Å². The summed E-state index contributed by atoms with van der Waals surface area (Å²) in [5, 5.41) is 16.2. The van der Waals surface area contributed by atoms with Crippen LogP contribution < -0.4 is 16.1 Å². The third-order valence-corrected chi connectivity index (χ3v) is 6.56. The molecular weight excluding hydrogens is 464 g/mol. The Morgan fingerprint density at radius 1 is 1.08 bits per heavy atom. The molecule has 2 aromatic carbocycles. The van der Waals surface area contributed by atoms with Crippen LogP contribution in [0.25, 0.3) is 10.9 Å². The lowest BCUT2D eigenvalue weighted by Gasteiger charge is -2.22. The average Bonchev–Trinajstić information content (AvgIpc) is 3.22. The third-order valence-electron chi connectivity index (χ3n) is 6.56. The monoisotopic (exact) mass is 492 g/mol. The minimum atomic E-state index is -0.906. The standard InChI is InChI=1S/C26H28N4O6/c31-24(29-36-22-3-1-2-12-35-22)17-6-4-16(5-7-17)13-28-25(32)20-9-8-18-14-27-21(26(33)34)15-30-11-10-19(20)23(18)30/h4-11,21-22,27H,1-3,12-15H2,(H,28,32)(H,29,31)(H,33,34). The third kappa shape index (κ3) is 5.11. The molecule has 3 aromatic rings. The zero-order valence-electron chi connectivity index (χ0n) is 19.7. The summed E-state index contributed by atoms with van der Waals surface area (Å²) in [7, 11) is 0. The molecule has 10 heteroatoms. The van der Waals surface area contributed by atoms with Crippen molar-refractivity contribution in [1.29, 1.82) is 0 Å². The van der Waals surface area contributed by atoms with Crippen LogP contribution >= 0.6 is 0 Å². The average molecular weight is 493 g/mol. The molecule has 0 bridgehead atoms. The predicted molar refractivity (Wildman–Crippen MR) is 130 cm³/mol. The minimum Gasteiger partial charge on any atom is -0.480 e. The summed E-state index contributed by atoms with van der Waals surface area (Å²) in [4.78, 5) is 42.1. The lowest BCUT2D eigenvalue weighted by Crippen LogP contribution is -2.38. The minimum absolute atomic E-state index is 0.228. The number of amides is 2. The molecule has 0 radical (unpaired) electrons. The zero-order valence-corrected chi connectivity index (χ0v) is 19.7. The number of carboxylic acid groups (broad SMARTS) is 1. The fourth-order valence-electron chi connectivity index (χ4n) is 4.59. The number of hydroxylamine groups is 1. The maximum absolute atomic E-state index is 13.0. The number of ether oxygens (including phenoxy) is 1. The van der Waals surface area contributed by atoms with Gasteiger partial charge in [-0.2, -0.15) is 0 Å². The number of hydrogen-bond donors (Lipinski definition) is 4. The van der Waals surface area contributed by atoms with Gasteiger partial charge in [0.05, 0.1) is 5.52 Å². The summed E-state index contributed by atoms with van der Waals surface area (Å²) in [6, 6.07) is 11.7. The predicted octanol–water partition coefficient (Wildman–Crippen LogP) is 2.32. The SMILES string of the molecule is O=C(NOC1CCCCO1)c1ccc(CNC(=O)c2ccc3c4c2ccn4CC(C(=O)O)NC3)cc1. The van der Waals surface area contributed by atoms with Gasteiger partial charge in [-0.15, -0.1) is 0 Å². The molecule has 36 heavy (non-hydrogen) atoms. The van der Waals surface area contributed by atoms with Crippen LogP contribution in [0, 0.1) is 0 Å². The summed E-state index contributed by atoms with van der Waals surface area (Å²) in [5.41, 5.74) is 6.06. The molecule has 2 unspecified atom stereocenters. The van der Waals surface area contributed by atoms with Gasteiger partial charge in [0.2, 0.25) is 0 Å². The molecule has 2 aliphatic heterocycles. The molecular formula is C26H28N4O6. The highest BCUT2D eigenvalue weighted by molar-refractivity contribution is 6.07. The second-order valence-electron chi connectivity index (χ2n) is 9.00. The molecule has 188 valence electrons.